The first-order chi connectivity index (χ1) is 12.3. The number of ether oxygens (including phenoxy) is 1. The van der Waals surface area contributed by atoms with Crippen LogP contribution < -0.4 is 4.74 Å². The fraction of sp³-hybridized carbons (Fsp3) is 0.550. The minimum atomic E-state index is 0.107. The number of piperidine rings is 1. The number of likely N-dealkylation sites (tertiary alicyclic amines) is 1. The Labute approximate surface area is 148 Å². The molecule has 1 aromatic carbocycles. The number of benzene rings is 1. The van der Waals surface area contributed by atoms with Crippen LogP contribution in [0.4, 0.5) is 0 Å². The second kappa shape index (κ2) is 7.38. The first kappa shape index (κ1) is 16.3. The summed E-state index contributed by atoms with van der Waals surface area (Å²) in [4.78, 5) is 14.7. The van der Waals surface area contributed by atoms with E-state index in [0.717, 1.165) is 49.5 Å². The van der Waals surface area contributed by atoms with Gasteiger partial charge in [0.05, 0.1) is 6.20 Å². The molecule has 5 heteroatoms. The van der Waals surface area contributed by atoms with E-state index in [1.54, 1.807) is 6.20 Å². The maximum atomic E-state index is 12.7. The molecule has 4 rings (SSSR count). The SMILES string of the molecule is O=C(C1CCCCC1)N1CCC(Oc2nncc3ccccc23)CC1. The molecular formula is C20H25N3O2. The Morgan fingerprint density at radius 1 is 1.04 bits per heavy atom. The zero-order chi connectivity index (χ0) is 17.1. The molecule has 1 saturated heterocycles. The van der Waals surface area contributed by atoms with Crippen LogP contribution >= 0.6 is 0 Å². The number of hydrogen-bond acceptors (Lipinski definition) is 4. The first-order valence-electron chi connectivity index (χ1n) is 9.47. The molecule has 5 nitrogen and oxygen atoms in total. The number of hydrogen-bond donors (Lipinski definition) is 0. The molecule has 2 aromatic rings. The van der Waals surface area contributed by atoms with Gasteiger partial charge in [0.2, 0.25) is 11.8 Å². The molecule has 2 heterocycles. The molecular weight excluding hydrogens is 314 g/mol. The number of rotatable bonds is 3. The fourth-order valence-electron chi connectivity index (χ4n) is 4.05. The van der Waals surface area contributed by atoms with Crippen molar-refractivity contribution in [1.29, 1.82) is 0 Å². The van der Waals surface area contributed by atoms with Crippen LogP contribution in [0.5, 0.6) is 5.88 Å². The van der Waals surface area contributed by atoms with Crippen molar-refractivity contribution in [3.05, 3.63) is 30.5 Å². The van der Waals surface area contributed by atoms with Crippen molar-refractivity contribution in [1.82, 2.24) is 15.1 Å². The summed E-state index contributed by atoms with van der Waals surface area (Å²) in [5, 5.41) is 10.3. The van der Waals surface area contributed by atoms with E-state index in [4.69, 9.17) is 4.74 Å². The van der Waals surface area contributed by atoms with Crippen LogP contribution in [0.2, 0.25) is 0 Å². The molecule has 0 radical (unpaired) electrons. The Balaban J connectivity index is 1.36. The van der Waals surface area contributed by atoms with E-state index < -0.39 is 0 Å². The highest BCUT2D eigenvalue weighted by Crippen LogP contribution is 2.28. The minimum Gasteiger partial charge on any atom is -0.473 e. The summed E-state index contributed by atoms with van der Waals surface area (Å²) in [7, 11) is 0. The molecule has 1 aliphatic heterocycles. The number of carbonyl (C=O) groups excluding carboxylic acids is 1. The van der Waals surface area contributed by atoms with Gasteiger partial charge < -0.3 is 9.64 Å². The molecule has 0 atom stereocenters. The monoisotopic (exact) mass is 339 g/mol. The largest absolute Gasteiger partial charge is 0.473 e. The number of carbonyl (C=O) groups is 1. The van der Waals surface area contributed by atoms with Crippen molar-refractivity contribution in [2.45, 2.75) is 51.0 Å². The molecule has 1 amide bonds. The van der Waals surface area contributed by atoms with Gasteiger partial charge in [-0.1, -0.05) is 37.5 Å². The highest BCUT2D eigenvalue weighted by atomic mass is 16.5. The molecule has 0 spiro atoms. The summed E-state index contributed by atoms with van der Waals surface area (Å²) in [6, 6.07) is 8.01. The Morgan fingerprint density at radius 2 is 1.80 bits per heavy atom. The maximum absolute atomic E-state index is 12.7. The zero-order valence-electron chi connectivity index (χ0n) is 14.6. The highest BCUT2D eigenvalue weighted by molar-refractivity contribution is 5.85. The second-order valence-corrected chi connectivity index (χ2v) is 7.21. The minimum absolute atomic E-state index is 0.107. The lowest BCUT2D eigenvalue weighted by Gasteiger charge is -2.35. The predicted molar refractivity (Wildman–Crippen MR) is 96.3 cm³/mol. The summed E-state index contributed by atoms with van der Waals surface area (Å²) in [5.41, 5.74) is 0. The Bertz CT molecular complexity index is 729. The average molecular weight is 339 g/mol. The van der Waals surface area contributed by atoms with Gasteiger partial charge in [-0.05, 0) is 18.9 Å². The van der Waals surface area contributed by atoms with E-state index in [0.29, 0.717) is 11.8 Å². The van der Waals surface area contributed by atoms with Gasteiger partial charge in [-0.3, -0.25) is 4.79 Å². The van der Waals surface area contributed by atoms with Gasteiger partial charge in [0.15, 0.2) is 0 Å². The zero-order valence-corrected chi connectivity index (χ0v) is 14.6. The molecule has 0 unspecified atom stereocenters. The number of fused-ring (bicyclic) bond motifs is 1. The molecule has 1 aromatic heterocycles. The van der Waals surface area contributed by atoms with Gasteiger partial charge in [0.25, 0.3) is 0 Å². The van der Waals surface area contributed by atoms with Crippen LogP contribution in [0.3, 0.4) is 0 Å². The molecule has 1 saturated carbocycles. The summed E-state index contributed by atoms with van der Waals surface area (Å²) in [5.74, 6) is 1.23. The first-order valence-corrected chi connectivity index (χ1v) is 9.47. The molecule has 0 N–H and O–H groups in total. The average Bonchev–Trinajstić information content (AvgIpc) is 2.69. The third-order valence-electron chi connectivity index (χ3n) is 5.52. The summed E-state index contributed by atoms with van der Waals surface area (Å²) in [6.07, 6.45) is 9.43. The standard InChI is InChI=1S/C20H25N3O2/c24-20(15-6-2-1-3-7-15)23-12-10-17(11-13-23)25-19-18-9-5-4-8-16(18)14-21-22-19/h4-5,8-9,14-15,17H,1-3,6-7,10-13H2. The smallest absolute Gasteiger partial charge is 0.241 e. The van der Waals surface area contributed by atoms with E-state index in [1.165, 1.54) is 19.3 Å². The third-order valence-corrected chi connectivity index (χ3v) is 5.52. The predicted octanol–water partition coefficient (Wildman–Crippen LogP) is 3.58. The Kier molecular flexibility index (Phi) is 4.81. The van der Waals surface area contributed by atoms with Crippen molar-refractivity contribution in [3.8, 4) is 5.88 Å². The van der Waals surface area contributed by atoms with E-state index in [9.17, 15) is 4.79 Å². The molecule has 25 heavy (non-hydrogen) atoms. The van der Waals surface area contributed by atoms with Crippen LogP contribution in [-0.4, -0.2) is 40.2 Å². The van der Waals surface area contributed by atoms with Gasteiger partial charge in [-0.15, -0.1) is 5.10 Å². The van der Waals surface area contributed by atoms with Crippen molar-refractivity contribution < 1.29 is 9.53 Å². The lowest BCUT2D eigenvalue weighted by molar-refractivity contribution is -0.138. The van der Waals surface area contributed by atoms with E-state index in [1.807, 2.05) is 29.2 Å². The van der Waals surface area contributed by atoms with E-state index >= 15 is 0 Å². The van der Waals surface area contributed by atoms with Gasteiger partial charge >= 0.3 is 0 Å². The van der Waals surface area contributed by atoms with Crippen LogP contribution in [-0.2, 0) is 4.79 Å². The van der Waals surface area contributed by atoms with Crippen molar-refractivity contribution in [2.24, 2.45) is 5.92 Å². The Hall–Kier alpha value is -2.17. The van der Waals surface area contributed by atoms with E-state index in [2.05, 4.69) is 10.2 Å². The van der Waals surface area contributed by atoms with Crippen LogP contribution in [0, 0.1) is 5.92 Å². The fourth-order valence-corrected chi connectivity index (χ4v) is 4.05. The van der Waals surface area contributed by atoms with Gasteiger partial charge in [0, 0.05) is 42.6 Å². The normalized spacial score (nSPS) is 19.9. The van der Waals surface area contributed by atoms with Gasteiger partial charge in [-0.2, -0.15) is 5.10 Å². The lowest BCUT2D eigenvalue weighted by Crippen LogP contribution is -2.44. The molecule has 132 valence electrons. The summed E-state index contributed by atoms with van der Waals surface area (Å²) >= 11 is 0. The van der Waals surface area contributed by atoms with Crippen LogP contribution in [0.15, 0.2) is 30.5 Å². The van der Waals surface area contributed by atoms with Crippen molar-refractivity contribution in [2.75, 3.05) is 13.1 Å². The molecule has 2 aliphatic rings. The van der Waals surface area contributed by atoms with Crippen molar-refractivity contribution >= 4 is 16.7 Å². The summed E-state index contributed by atoms with van der Waals surface area (Å²) < 4.78 is 6.13. The summed E-state index contributed by atoms with van der Waals surface area (Å²) in [6.45, 7) is 1.58. The highest BCUT2D eigenvalue weighted by Gasteiger charge is 2.30. The molecule has 2 fully saturated rings. The number of aromatic nitrogens is 2. The quantitative estimate of drug-likeness (QED) is 0.858. The van der Waals surface area contributed by atoms with Crippen molar-refractivity contribution in [3.63, 3.8) is 0 Å². The maximum Gasteiger partial charge on any atom is 0.241 e. The Morgan fingerprint density at radius 3 is 2.60 bits per heavy atom. The van der Waals surface area contributed by atoms with Crippen LogP contribution in [0.25, 0.3) is 10.8 Å². The molecule has 0 bridgehead atoms. The second-order valence-electron chi connectivity index (χ2n) is 7.21. The van der Waals surface area contributed by atoms with Crippen LogP contribution in [0.1, 0.15) is 44.9 Å². The van der Waals surface area contributed by atoms with E-state index in [-0.39, 0.29) is 12.0 Å². The van der Waals surface area contributed by atoms with Gasteiger partial charge in [-0.25, -0.2) is 0 Å². The third kappa shape index (κ3) is 3.60. The number of amides is 1. The topological polar surface area (TPSA) is 55.3 Å². The lowest BCUT2D eigenvalue weighted by atomic mass is 9.88. The molecule has 1 aliphatic carbocycles. The van der Waals surface area contributed by atoms with Gasteiger partial charge in [0.1, 0.15) is 6.10 Å². The number of nitrogens with zero attached hydrogens (tertiary/aromatic N) is 3.